The third kappa shape index (κ3) is 4.42. The van der Waals surface area contributed by atoms with Gasteiger partial charge in [0.05, 0.1) is 12.8 Å². The van der Waals surface area contributed by atoms with E-state index >= 15 is 0 Å². The van der Waals surface area contributed by atoms with Crippen molar-refractivity contribution in [2.75, 3.05) is 26.3 Å². The molecule has 0 saturated carbocycles. The molecule has 1 rings (SSSR count). The summed E-state index contributed by atoms with van der Waals surface area (Å²) in [6.07, 6.45) is 4.52. The van der Waals surface area contributed by atoms with Crippen LogP contribution in [0.3, 0.4) is 0 Å². The fourth-order valence-electron chi connectivity index (χ4n) is 1.52. The molecule has 1 aromatic heterocycles. The fourth-order valence-corrected chi connectivity index (χ4v) is 1.52. The maximum absolute atomic E-state index is 8.89. The number of aryl methyl sites for hydroxylation is 1. The second-order valence-corrected chi connectivity index (χ2v) is 3.60. The lowest BCUT2D eigenvalue weighted by atomic mass is 10.3. The average molecular weight is 213 g/mol. The van der Waals surface area contributed by atoms with Crippen molar-refractivity contribution in [3.63, 3.8) is 0 Å². The summed E-state index contributed by atoms with van der Waals surface area (Å²) >= 11 is 0. The quantitative estimate of drug-likeness (QED) is 0.647. The van der Waals surface area contributed by atoms with Crippen LogP contribution in [0.2, 0.25) is 0 Å². The summed E-state index contributed by atoms with van der Waals surface area (Å²) in [5.74, 6) is 0. The van der Waals surface area contributed by atoms with Crippen LogP contribution in [-0.2, 0) is 13.6 Å². The Kier molecular flexibility index (Phi) is 5.31. The van der Waals surface area contributed by atoms with Gasteiger partial charge in [-0.3, -0.25) is 9.58 Å². The summed E-state index contributed by atoms with van der Waals surface area (Å²) in [6, 6.07) is 0. The Hall–Kier alpha value is -0.910. The fraction of sp³-hybridized carbons (Fsp3) is 0.700. The first kappa shape index (κ1) is 12.2. The van der Waals surface area contributed by atoms with Gasteiger partial charge in [-0.05, 0) is 6.42 Å². The van der Waals surface area contributed by atoms with Crippen molar-refractivity contribution >= 4 is 0 Å². The highest BCUT2D eigenvalue weighted by molar-refractivity contribution is 5.03. The molecule has 0 radical (unpaired) electrons. The van der Waals surface area contributed by atoms with Gasteiger partial charge in [-0.15, -0.1) is 0 Å². The molecular weight excluding hydrogens is 194 g/mol. The number of rotatable bonds is 7. The lowest BCUT2D eigenvalue weighted by Gasteiger charge is -2.19. The van der Waals surface area contributed by atoms with E-state index in [9.17, 15) is 0 Å². The minimum Gasteiger partial charge on any atom is -0.396 e. The second-order valence-electron chi connectivity index (χ2n) is 3.60. The van der Waals surface area contributed by atoms with Crippen LogP contribution in [0.5, 0.6) is 0 Å². The molecule has 0 amide bonds. The molecule has 0 aliphatic heterocycles. The smallest absolute Gasteiger partial charge is 0.0558 e. The van der Waals surface area contributed by atoms with Crippen molar-refractivity contribution in [2.24, 2.45) is 7.05 Å². The van der Waals surface area contributed by atoms with Gasteiger partial charge in [-0.25, -0.2) is 0 Å². The molecule has 0 atom stereocenters. The van der Waals surface area contributed by atoms with Crippen LogP contribution in [0.1, 0.15) is 12.0 Å². The second kappa shape index (κ2) is 6.55. The molecule has 86 valence electrons. The molecule has 0 aliphatic carbocycles. The predicted octanol–water partition coefficient (Wildman–Crippen LogP) is -0.403. The van der Waals surface area contributed by atoms with Crippen LogP contribution >= 0.6 is 0 Å². The van der Waals surface area contributed by atoms with Gasteiger partial charge in [0.15, 0.2) is 0 Å². The van der Waals surface area contributed by atoms with Gasteiger partial charge in [0.2, 0.25) is 0 Å². The maximum atomic E-state index is 8.89. The summed E-state index contributed by atoms with van der Waals surface area (Å²) in [5, 5.41) is 21.7. The SMILES string of the molecule is Cn1cc(CN(CCO)CCCO)cn1. The summed E-state index contributed by atoms with van der Waals surface area (Å²) < 4.78 is 1.76. The summed E-state index contributed by atoms with van der Waals surface area (Å²) in [4.78, 5) is 2.10. The number of hydrogen-bond acceptors (Lipinski definition) is 4. The monoisotopic (exact) mass is 213 g/mol. The van der Waals surface area contributed by atoms with E-state index < -0.39 is 0 Å². The summed E-state index contributed by atoms with van der Waals surface area (Å²) in [7, 11) is 1.88. The lowest BCUT2D eigenvalue weighted by Crippen LogP contribution is -2.28. The van der Waals surface area contributed by atoms with E-state index in [0.717, 1.165) is 25.1 Å². The van der Waals surface area contributed by atoms with E-state index in [1.807, 2.05) is 19.4 Å². The Bertz CT molecular complexity index is 275. The highest BCUT2D eigenvalue weighted by Crippen LogP contribution is 2.03. The number of nitrogens with zero attached hydrogens (tertiary/aromatic N) is 3. The van der Waals surface area contributed by atoms with Gasteiger partial charge in [0.1, 0.15) is 0 Å². The Morgan fingerprint density at radius 2 is 2.13 bits per heavy atom. The van der Waals surface area contributed by atoms with E-state index in [1.54, 1.807) is 4.68 Å². The largest absolute Gasteiger partial charge is 0.396 e. The van der Waals surface area contributed by atoms with Crippen molar-refractivity contribution in [3.05, 3.63) is 18.0 Å². The molecule has 15 heavy (non-hydrogen) atoms. The van der Waals surface area contributed by atoms with Gasteiger partial charge < -0.3 is 10.2 Å². The summed E-state index contributed by atoms with van der Waals surface area (Å²) in [6.45, 7) is 2.54. The van der Waals surface area contributed by atoms with Gasteiger partial charge in [0.25, 0.3) is 0 Å². The molecule has 5 heteroatoms. The molecule has 0 aromatic carbocycles. The Morgan fingerprint density at radius 1 is 1.33 bits per heavy atom. The topological polar surface area (TPSA) is 61.5 Å². The number of hydrogen-bond donors (Lipinski definition) is 2. The molecule has 0 spiro atoms. The van der Waals surface area contributed by atoms with Gasteiger partial charge in [-0.1, -0.05) is 0 Å². The number of aliphatic hydroxyl groups is 2. The Balaban J connectivity index is 2.42. The molecular formula is C10H19N3O2. The van der Waals surface area contributed by atoms with E-state index in [0.29, 0.717) is 6.54 Å². The van der Waals surface area contributed by atoms with Crippen molar-refractivity contribution < 1.29 is 10.2 Å². The van der Waals surface area contributed by atoms with Crippen LogP contribution in [0.15, 0.2) is 12.4 Å². The molecule has 0 saturated heterocycles. The molecule has 0 unspecified atom stereocenters. The standard InChI is InChI=1S/C10H19N3O2/c1-12-8-10(7-11-12)9-13(4-6-15)3-2-5-14/h7-8,14-15H,2-6,9H2,1H3. The number of aliphatic hydroxyl groups excluding tert-OH is 2. The zero-order chi connectivity index (χ0) is 11.1. The average Bonchev–Trinajstić information content (AvgIpc) is 2.61. The van der Waals surface area contributed by atoms with Crippen molar-refractivity contribution in [3.8, 4) is 0 Å². The maximum Gasteiger partial charge on any atom is 0.0558 e. The zero-order valence-corrected chi connectivity index (χ0v) is 9.13. The highest BCUT2D eigenvalue weighted by atomic mass is 16.3. The minimum absolute atomic E-state index is 0.145. The lowest BCUT2D eigenvalue weighted by molar-refractivity contribution is 0.174. The van der Waals surface area contributed by atoms with Crippen molar-refractivity contribution in [2.45, 2.75) is 13.0 Å². The third-order valence-electron chi connectivity index (χ3n) is 2.21. The normalized spacial score (nSPS) is 11.2. The van der Waals surface area contributed by atoms with Gasteiger partial charge in [-0.2, -0.15) is 5.10 Å². The van der Waals surface area contributed by atoms with Crippen LogP contribution in [0.25, 0.3) is 0 Å². The molecule has 1 aromatic rings. The first-order chi connectivity index (χ1) is 7.26. The van der Waals surface area contributed by atoms with Crippen LogP contribution in [-0.4, -0.2) is 51.2 Å². The molecule has 0 fully saturated rings. The van der Waals surface area contributed by atoms with Crippen molar-refractivity contribution in [1.29, 1.82) is 0 Å². The highest BCUT2D eigenvalue weighted by Gasteiger charge is 2.06. The molecule has 5 nitrogen and oxygen atoms in total. The first-order valence-electron chi connectivity index (χ1n) is 5.18. The first-order valence-corrected chi connectivity index (χ1v) is 5.18. The van der Waals surface area contributed by atoms with E-state index in [-0.39, 0.29) is 13.2 Å². The minimum atomic E-state index is 0.145. The van der Waals surface area contributed by atoms with E-state index in [1.165, 1.54) is 0 Å². The van der Waals surface area contributed by atoms with E-state index in [2.05, 4.69) is 10.00 Å². The van der Waals surface area contributed by atoms with E-state index in [4.69, 9.17) is 10.2 Å². The van der Waals surface area contributed by atoms with Crippen LogP contribution < -0.4 is 0 Å². The van der Waals surface area contributed by atoms with Gasteiger partial charge >= 0.3 is 0 Å². The van der Waals surface area contributed by atoms with Crippen LogP contribution in [0.4, 0.5) is 0 Å². The van der Waals surface area contributed by atoms with Crippen molar-refractivity contribution in [1.82, 2.24) is 14.7 Å². The third-order valence-corrected chi connectivity index (χ3v) is 2.21. The van der Waals surface area contributed by atoms with Gasteiger partial charge in [0, 0.05) is 45.0 Å². The zero-order valence-electron chi connectivity index (χ0n) is 9.13. The Morgan fingerprint density at radius 3 is 2.67 bits per heavy atom. The molecule has 1 heterocycles. The summed E-state index contributed by atoms with van der Waals surface area (Å²) in [5.41, 5.74) is 1.13. The predicted molar refractivity (Wildman–Crippen MR) is 57.3 cm³/mol. The molecule has 0 aliphatic rings. The molecule has 0 bridgehead atoms. The Labute approximate surface area is 89.9 Å². The van der Waals surface area contributed by atoms with Crippen LogP contribution in [0, 0.1) is 0 Å². The number of aromatic nitrogens is 2. The molecule has 2 N–H and O–H groups in total.